The number of nitrogens with zero attached hydrogens (tertiary/aromatic N) is 2. The first-order valence-electron chi connectivity index (χ1n) is 9.64. The second-order valence-corrected chi connectivity index (χ2v) is 10.3. The normalized spacial score (nSPS) is 25.9. The second-order valence-electron chi connectivity index (χ2n) is 7.53. The molecule has 2 aliphatic rings. The summed E-state index contributed by atoms with van der Waals surface area (Å²) < 4.78 is 0. The van der Waals surface area contributed by atoms with Crippen molar-refractivity contribution in [3.8, 4) is 0 Å². The van der Waals surface area contributed by atoms with Gasteiger partial charge in [0.25, 0.3) is 17.7 Å². The average Bonchev–Trinajstić information content (AvgIpc) is 2.97. The first-order chi connectivity index (χ1) is 14.4. The van der Waals surface area contributed by atoms with Crippen molar-refractivity contribution in [2.45, 2.75) is 29.0 Å². The van der Waals surface area contributed by atoms with Gasteiger partial charge in [0.1, 0.15) is 0 Å². The maximum Gasteiger partial charge on any atom is 0.274 e. The number of hydrogen-bond acceptors (Lipinski definition) is 3. The number of alkyl halides is 2. The van der Waals surface area contributed by atoms with Crippen molar-refractivity contribution in [2.75, 3.05) is 0 Å². The molecule has 4 atom stereocenters. The molecule has 156 valence electrons. The molecule has 0 N–H and O–H groups in total. The molecule has 1 saturated heterocycles. The largest absolute Gasteiger partial charge is 0.274 e. The summed E-state index contributed by atoms with van der Waals surface area (Å²) in [5.74, 6) is -2.01. The van der Waals surface area contributed by atoms with Gasteiger partial charge < -0.3 is 0 Å². The number of fused-ring (bicyclic) bond motifs is 1. The van der Waals surface area contributed by atoms with Gasteiger partial charge in [0.2, 0.25) is 0 Å². The van der Waals surface area contributed by atoms with Gasteiger partial charge in [0, 0.05) is 9.65 Å². The van der Waals surface area contributed by atoms with E-state index in [1.54, 1.807) is 24.3 Å². The van der Waals surface area contributed by atoms with E-state index in [9.17, 15) is 14.4 Å². The Hall–Kier alpha value is -1.70. The molecule has 1 aliphatic carbocycles. The van der Waals surface area contributed by atoms with Crippen molar-refractivity contribution in [3.63, 3.8) is 0 Å². The number of hydrazine groups is 1. The molecule has 1 heterocycles. The molecule has 5 nitrogen and oxygen atoms in total. The third-order valence-corrected chi connectivity index (χ3v) is 8.71. The minimum Gasteiger partial charge on any atom is -0.272 e. The van der Waals surface area contributed by atoms with Crippen LogP contribution in [0.5, 0.6) is 0 Å². The van der Waals surface area contributed by atoms with Crippen molar-refractivity contribution >= 4 is 61.2 Å². The van der Waals surface area contributed by atoms with Gasteiger partial charge in [0.15, 0.2) is 0 Å². The predicted octanol–water partition coefficient (Wildman–Crippen LogP) is 4.82. The van der Waals surface area contributed by atoms with Crippen LogP contribution in [0.4, 0.5) is 0 Å². The first-order valence-corrected chi connectivity index (χ1v) is 11.9. The zero-order chi connectivity index (χ0) is 21.4. The van der Waals surface area contributed by atoms with Crippen LogP contribution < -0.4 is 0 Å². The van der Waals surface area contributed by atoms with Gasteiger partial charge in [-0.25, -0.2) is 5.01 Å². The summed E-state index contributed by atoms with van der Waals surface area (Å²) in [6.45, 7) is 0.0945. The van der Waals surface area contributed by atoms with Crippen molar-refractivity contribution in [1.82, 2.24) is 10.0 Å². The number of halogens is 3. The van der Waals surface area contributed by atoms with E-state index < -0.39 is 17.7 Å². The zero-order valence-electron chi connectivity index (χ0n) is 15.9. The number of imide groups is 1. The molecule has 0 spiro atoms. The molecular weight excluding hydrogens is 536 g/mol. The molecular formula is C22H19Br2ClN2O3. The van der Waals surface area contributed by atoms with Crippen LogP contribution in [0, 0.1) is 11.8 Å². The SMILES string of the molecule is O=C(c1ccccc1Cl)N(Cc1ccccc1)N1C(=O)[C@H]2C[C@H](Br)[C@@H](Br)C[C@H]2C1=O. The van der Waals surface area contributed by atoms with Gasteiger partial charge >= 0.3 is 0 Å². The van der Waals surface area contributed by atoms with Crippen molar-refractivity contribution in [1.29, 1.82) is 0 Å². The molecule has 1 aliphatic heterocycles. The third kappa shape index (κ3) is 3.95. The molecule has 0 aromatic heterocycles. The van der Waals surface area contributed by atoms with E-state index >= 15 is 0 Å². The highest BCUT2D eigenvalue weighted by molar-refractivity contribution is 9.12. The van der Waals surface area contributed by atoms with E-state index in [1.165, 1.54) is 5.01 Å². The van der Waals surface area contributed by atoms with Crippen LogP contribution >= 0.6 is 43.5 Å². The van der Waals surface area contributed by atoms with E-state index in [0.717, 1.165) is 10.6 Å². The summed E-state index contributed by atoms with van der Waals surface area (Å²) in [4.78, 5) is 40.2. The highest BCUT2D eigenvalue weighted by Crippen LogP contribution is 2.44. The highest BCUT2D eigenvalue weighted by Gasteiger charge is 2.54. The maximum absolute atomic E-state index is 13.5. The van der Waals surface area contributed by atoms with E-state index in [4.69, 9.17) is 11.6 Å². The van der Waals surface area contributed by atoms with E-state index in [-0.39, 0.29) is 38.6 Å². The number of carbonyl (C=O) groups is 3. The fraction of sp³-hybridized carbons (Fsp3) is 0.318. The van der Waals surface area contributed by atoms with Crippen LogP contribution in [0.15, 0.2) is 54.6 Å². The van der Waals surface area contributed by atoms with E-state index in [0.29, 0.717) is 12.8 Å². The van der Waals surface area contributed by atoms with Crippen molar-refractivity contribution in [3.05, 3.63) is 70.7 Å². The molecule has 3 amide bonds. The molecule has 2 aromatic rings. The molecule has 4 rings (SSSR count). The smallest absolute Gasteiger partial charge is 0.272 e. The van der Waals surface area contributed by atoms with Gasteiger partial charge in [-0.3, -0.25) is 14.4 Å². The Bertz CT molecular complexity index is 959. The fourth-order valence-electron chi connectivity index (χ4n) is 4.08. The van der Waals surface area contributed by atoms with Crippen LogP contribution in [-0.2, 0) is 16.1 Å². The van der Waals surface area contributed by atoms with Crippen molar-refractivity contribution in [2.24, 2.45) is 11.8 Å². The molecule has 8 heteroatoms. The topological polar surface area (TPSA) is 57.7 Å². The lowest BCUT2D eigenvalue weighted by molar-refractivity contribution is -0.155. The third-order valence-electron chi connectivity index (χ3n) is 5.64. The second kappa shape index (κ2) is 8.81. The quantitative estimate of drug-likeness (QED) is 0.402. The summed E-state index contributed by atoms with van der Waals surface area (Å²) in [5.41, 5.74) is 1.06. The van der Waals surface area contributed by atoms with Gasteiger partial charge in [-0.2, -0.15) is 5.01 Å². The summed E-state index contributed by atoms with van der Waals surface area (Å²) in [7, 11) is 0. The summed E-state index contributed by atoms with van der Waals surface area (Å²) in [6.07, 6.45) is 1.09. The van der Waals surface area contributed by atoms with Crippen LogP contribution in [0.25, 0.3) is 0 Å². The number of hydrogen-bond donors (Lipinski definition) is 0. The Kier molecular flexibility index (Phi) is 6.32. The van der Waals surface area contributed by atoms with Gasteiger partial charge in [-0.05, 0) is 30.5 Å². The Labute approximate surface area is 196 Å². The number of amides is 3. The molecule has 0 radical (unpaired) electrons. The lowest BCUT2D eigenvalue weighted by atomic mass is 9.81. The number of benzene rings is 2. The Morgan fingerprint density at radius 3 is 2.03 bits per heavy atom. The highest BCUT2D eigenvalue weighted by atomic mass is 79.9. The van der Waals surface area contributed by atoms with E-state index in [2.05, 4.69) is 31.9 Å². The van der Waals surface area contributed by atoms with Gasteiger partial charge in [0.05, 0.1) is 29.0 Å². The summed E-state index contributed by atoms with van der Waals surface area (Å²) in [5, 5.41) is 2.57. The molecule has 30 heavy (non-hydrogen) atoms. The molecule has 0 bridgehead atoms. The van der Waals surface area contributed by atoms with Crippen molar-refractivity contribution < 1.29 is 14.4 Å². The lowest BCUT2D eigenvalue weighted by Gasteiger charge is -2.31. The lowest BCUT2D eigenvalue weighted by Crippen LogP contribution is -2.49. The molecule has 1 saturated carbocycles. The minimum atomic E-state index is -0.476. The number of carbonyl (C=O) groups excluding carboxylic acids is 3. The van der Waals surface area contributed by atoms with Gasteiger partial charge in [-0.1, -0.05) is 85.9 Å². The summed E-state index contributed by atoms with van der Waals surface area (Å²) in [6, 6.07) is 15.9. The van der Waals surface area contributed by atoms with Gasteiger partial charge in [-0.15, -0.1) is 0 Å². The van der Waals surface area contributed by atoms with Crippen LogP contribution in [0.1, 0.15) is 28.8 Å². The fourth-order valence-corrected chi connectivity index (χ4v) is 5.53. The molecule has 2 aromatic carbocycles. The van der Waals surface area contributed by atoms with Crippen LogP contribution in [0.2, 0.25) is 5.02 Å². The first kappa shape index (κ1) is 21.5. The van der Waals surface area contributed by atoms with Crippen LogP contribution in [-0.4, -0.2) is 37.4 Å². The monoisotopic (exact) mass is 552 g/mol. The predicted molar refractivity (Wildman–Crippen MR) is 121 cm³/mol. The van der Waals surface area contributed by atoms with Crippen LogP contribution in [0.3, 0.4) is 0 Å². The average molecular weight is 555 g/mol. The minimum absolute atomic E-state index is 0.0945. The molecule has 0 unspecified atom stereocenters. The Morgan fingerprint density at radius 2 is 1.47 bits per heavy atom. The number of rotatable bonds is 4. The summed E-state index contributed by atoms with van der Waals surface area (Å²) >= 11 is 13.5. The zero-order valence-corrected chi connectivity index (χ0v) is 19.8. The molecule has 2 fully saturated rings. The Balaban J connectivity index is 1.72. The standard InChI is InChI=1S/C22H19Br2ClN2O3/c23-17-10-15-16(11-18(17)24)22(30)27(21(15)29)26(12-13-6-2-1-3-7-13)20(28)14-8-4-5-9-19(14)25/h1-9,15-18H,10-12H2/t15-,16+,17-,18-/m0/s1. The van der Waals surface area contributed by atoms with E-state index in [1.807, 2.05) is 30.3 Å². The Morgan fingerprint density at radius 1 is 0.933 bits per heavy atom. The maximum atomic E-state index is 13.5.